The smallest absolute Gasteiger partial charge is 0.308 e. The third-order valence-corrected chi connectivity index (χ3v) is 6.15. The maximum Gasteiger partial charge on any atom is 0.308 e. The van der Waals surface area contributed by atoms with Crippen molar-refractivity contribution >= 4 is 34.1 Å². The molecule has 1 aliphatic heterocycles. The largest absolute Gasteiger partial charge is 0.481 e. The number of carboxylic acid groups (broad SMARTS) is 1. The molecule has 2 aromatic carbocycles. The van der Waals surface area contributed by atoms with E-state index in [0.29, 0.717) is 18.5 Å². The van der Waals surface area contributed by atoms with Crippen LogP contribution in [0.2, 0.25) is 0 Å². The molecule has 1 amide bonds. The number of amides is 1. The molecule has 0 radical (unpaired) electrons. The van der Waals surface area contributed by atoms with E-state index in [9.17, 15) is 18.0 Å². The number of likely N-dealkylation sites (tertiary alicyclic amines) is 1. The highest BCUT2D eigenvalue weighted by molar-refractivity contribution is 7.90. The van der Waals surface area contributed by atoms with Gasteiger partial charge >= 0.3 is 5.97 Å². The van der Waals surface area contributed by atoms with Crippen LogP contribution in [0.4, 0.5) is 0 Å². The quantitative estimate of drug-likeness (QED) is 0.819. The minimum absolute atomic E-state index is 0. The monoisotopic (exact) mass is 409 g/mol. The van der Waals surface area contributed by atoms with Crippen molar-refractivity contribution in [2.24, 2.45) is 5.92 Å². The highest BCUT2D eigenvalue weighted by Crippen LogP contribution is 2.22. The molecular weight excluding hydrogens is 390 g/mol. The van der Waals surface area contributed by atoms with Crippen molar-refractivity contribution in [3.8, 4) is 0 Å². The van der Waals surface area contributed by atoms with Crippen LogP contribution in [0.1, 0.15) is 22.3 Å². The Bertz CT molecular complexity index is 930. The van der Waals surface area contributed by atoms with E-state index in [1.165, 1.54) is 23.1 Å². The van der Waals surface area contributed by atoms with Crippen molar-refractivity contribution in [1.29, 1.82) is 0 Å². The molecule has 0 saturated carbocycles. The second kappa shape index (κ2) is 8.54. The number of carbonyl (C=O) groups excluding carboxylic acids is 1. The lowest BCUT2D eigenvalue weighted by molar-refractivity contribution is -0.141. The lowest BCUT2D eigenvalue weighted by atomic mass is 10.1. The first-order chi connectivity index (χ1) is 12.4. The Morgan fingerprint density at radius 1 is 1.07 bits per heavy atom. The number of aliphatic carboxylic acids is 1. The molecule has 1 N–H and O–H groups in total. The van der Waals surface area contributed by atoms with E-state index in [2.05, 4.69) is 0 Å². The normalized spacial score (nSPS) is 16.6. The van der Waals surface area contributed by atoms with Crippen molar-refractivity contribution in [1.82, 2.24) is 4.90 Å². The maximum absolute atomic E-state index is 12.6. The van der Waals surface area contributed by atoms with Crippen LogP contribution < -0.4 is 0 Å². The van der Waals surface area contributed by atoms with Crippen LogP contribution >= 0.6 is 12.4 Å². The molecule has 1 fully saturated rings. The molecular formula is C19H20ClNO5S. The summed E-state index contributed by atoms with van der Waals surface area (Å²) in [6.45, 7) is 0.506. The molecule has 1 heterocycles. The Hall–Kier alpha value is -2.38. The summed E-state index contributed by atoms with van der Waals surface area (Å²) in [5.41, 5.74) is 0.929. The first-order valence-electron chi connectivity index (χ1n) is 8.25. The van der Waals surface area contributed by atoms with E-state index in [1.54, 1.807) is 30.3 Å². The molecule has 0 aromatic heterocycles. The summed E-state index contributed by atoms with van der Waals surface area (Å²) >= 11 is 0. The van der Waals surface area contributed by atoms with Gasteiger partial charge in [0.1, 0.15) is 0 Å². The van der Waals surface area contributed by atoms with Crippen molar-refractivity contribution in [2.45, 2.75) is 17.1 Å². The first kappa shape index (κ1) is 20.9. The summed E-state index contributed by atoms with van der Waals surface area (Å²) < 4.78 is 25.3. The number of halogens is 1. The summed E-state index contributed by atoms with van der Waals surface area (Å²) in [6, 6.07) is 14.8. The number of hydrogen-bond acceptors (Lipinski definition) is 4. The van der Waals surface area contributed by atoms with Crippen molar-refractivity contribution in [2.75, 3.05) is 13.1 Å². The van der Waals surface area contributed by atoms with Gasteiger partial charge in [-0.15, -0.1) is 12.4 Å². The molecule has 144 valence electrons. The fourth-order valence-electron chi connectivity index (χ4n) is 3.03. The minimum Gasteiger partial charge on any atom is -0.481 e. The van der Waals surface area contributed by atoms with Gasteiger partial charge in [0.15, 0.2) is 9.84 Å². The molecule has 0 spiro atoms. The van der Waals surface area contributed by atoms with Gasteiger partial charge in [-0.05, 0) is 30.2 Å². The van der Waals surface area contributed by atoms with Crippen LogP contribution in [0, 0.1) is 5.92 Å². The number of carboxylic acids is 1. The van der Waals surface area contributed by atoms with Gasteiger partial charge in [0.25, 0.3) is 5.91 Å². The van der Waals surface area contributed by atoms with Gasteiger partial charge in [-0.1, -0.05) is 36.4 Å². The van der Waals surface area contributed by atoms with Gasteiger partial charge in [-0.3, -0.25) is 9.59 Å². The average molecular weight is 410 g/mol. The SMILES string of the molecule is Cl.O=C(O)C1CCN(C(=O)c2cccc(S(=O)(=O)Cc3ccccc3)c2)C1. The van der Waals surface area contributed by atoms with Gasteiger partial charge in [0.05, 0.1) is 16.6 Å². The molecule has 0 aliphatic carbocycles. The van der Waals surface area contributed by atoms with E-state index in [-0.39, 0.29) is 41.1 Å². The molecule has 1 unspecified atom stereocenters. The van der Waals surface area contributed by atoms with Crippen LogP contribution in [-0.4, -0.2) is 43.4 Å². The molecule has 8 heteroatoms. The van der Waals surface area contributed by atoms with E-state index in [0.717, 1.165) is 0 Å². The number of nitrogens with zero attached hydrogens (tertiary/aromatic N) is 1. The third-order valence-electron chi connectivity index (χ3n) is 4.46. The fourth-order valence-corrected chi connectivity index (χ4v) is 4.42. The van der Waals surface area contributed by atoms with Crippen LogP contribution in [0.15, 0.2) is 59.5 Å². The minimum atomic E-state index is -3.58. The Labute approximate surface area is 164 Å². The van der Waals surface area contributed by atoms with Crippen LogP contribution in [0.5, 0.6) is 0 Å². The lowest BCUT2D eigenvalue weighted by Gasteiger charge is -2.16. The zero-order valence-corrected chi connectivity index (χ0v) is 16.1. The predicted octanol–water partition coefficient (Wildman–Crippen LogP) is 2.63. The predicted molar refractivity (Wildman–Crippen MR) is 103 cm³/mol. The molecule has 1 saturated heterocycles. The second-order valence-corrected chi connectivity index (χ2v) is 8.34. The number of hydrogen-bond donors (Lipinski definition) is 1. The van der Waals surface area contributed by atoms with E-state index in [1.807, 2.05) is 6.07 Å². The van der Waals surface area contributed by atoms with Crippen molar-refractivity contribution in [3.63, 3.8) is 0 Å². The summed E-state index contributed by atoms with van der Waals surface area (Å²) in [5.74, 6) is -1.97. The van der Waals surface area contributed by atoms with Gasteiger partial charge in [-0.25, -0.2) is 8.42 Å². The van der Waals surface area contributed by atoms with Crippen LogP contribution in [0.3, 0.4) is 0 Å². The van der Waals surface area contributed by atoms with Crippen molar-refractivity contribution in [3.05, 3.63) is 65.7 Å². The van der Waals surface area contributed by atoms with Crippen molar-refractivity contribution < 1.29 is 23.1 Å². The van der Waals surface area contributed by atoms with Gasteiger partial charge < -0.3 is 10.0 Å². The Kier molecular flexibility index (Phi) is 6.62. The maximum atomic E-state index is 12.6. The fraction of sp³-hybridized carbons (Fsp3) is 0.263. The molecule has 27 heavy (non-hydrogen) atoms. The third kappa shape index (κ3) is 4.87. The molecule has 0 bridgehead atoms. The Balaban J connectivity index is 0.00000261. The highest BCUT2D eigenvalue weighted by atomic mass is 35.5. The number of carbonyl (C=O) groups is 2. The summed E-state index contributed by atoms with van der Waals surface area (Å²) in [7, 11) is -3.58. The van der Waals surface area contributed by atoms with E-state index >= 15 is 0 Å². The highest BCUT2D eigenvalue weighted by Gasteiger charge is 2.31. The summed E-state index contributed by atoms with van der Waals surface area (Å²) in [4.78, 5) is 25.2. The molecule has 1 atom stereocenters. The van der Waals surface area contributed by atoms with E-state index in [4.69, 9.17) is 5.11 Å². The Morgan fingerprint density at radius 2 is 1.78 bits per heavy atom. The number of benzene rings is 2. The molecule has 1 aliphatic rings. The average Bonchev–Trinajstić information content (AvgIpc) is 3.12. The first-order valence-corrected chi connectivity index (χ1v) is 9.91. The van der Waals surface area contributed by atoms with E-state index < -0.39 is 21.7 Å². The topological polar surface area (TPSA) is 91.8 Å². The Morgan fingerprint density at radius 3 is 2.41 bits per heavy atom. The van der Waals surface area contributed by atoms with Gasteiger partial charge in [0.2, 0.25) is 0 Å². The molecule has 2 aromatic rings. The summed E-state index contributed by atoms with van der Waals surface area (Å²) in [5, 5.41) is 9.06. The van der Waals surface area contributed by atoms with Gasteiger partial charge in [-0.2, -0.15) is 0 Å². The summed E-state index contributed by atoms with van der Waals surface area (Å²) in [6.07, 6.45) is 0.410. The standard InChI is InChI=1S/C19H19NO5S.ClH/c21-18(20-10-9-16(12-20)19(22)23)15-7-4-8-17(11-15)26(24,25)13-14-5-2-1-3-6-14;/h1-8,11,16H,9-10,12-13H2,(H,22,23);1H. The molecule has 6 nitrogen and oxygen atoms in total. The van der Waals surface area contributed by atoms with Gasteiger partial charge in [0, 0.05) is 18.7 Å². The zero-order chi connectivity index (χ0) is 18.7. The number of sulfone groups is 1. The zero-order valence-electron chi connectivity index (χ0n) is 14.4. The van der Waals surface area contributed by atoms with Crippen LogP contribution in [0.25, 0.3) is 0 Å². The lowest BCUT2D eigenvalue weighted by Crippen LogP contribution is -2.30. The second-order valence-electron chi connectivity index (χ2n) is 6.35. The molecule has 3 rings (SSSR count). The number of rotatable bonds is 5. The van der Waals surface area contributed by atoms with Crippen LogP contribution in [-0.2, 0) is 20.4 Å².